The van der Waals surface area contributed by atoms with Gasteiger partial charge in [0.05, 0.1) is 0 Å². The first-order chi connectivity index (χ1) is 11.1. The highest BCUT2D eigenvalue weighted by Crippen LogP contribution is 2.22. The second-order valence-corrected chi connectivity index (χ2v) is 6.61. The SMILES string of the molecule is CCC(CC)(CNC(=NC)NC1CC1)NC(C)c1ccccc1.I. The quantitative estimate of drug-likeness (QED) is 0.325. The van der Waals surface area contributed by atoms with E-state index in [0.29, 0.717) is 12.1 Å². The third kappa shape index (κ3) is 6.24. The second-order valence-electron chi connectivity index (χ2n) is 6.61. The Labute approximate surface area is 164 Å². The zero-order valence-corrected chi connectivity index (χ0v) is 17.8. The molecule has 136 valence electrons. The average Bonchev–Trinajstić information content (AvgIpc) is 3.42. The predicted molar refractivity (Wildman–Crippen MR) is 114 cm³/mol. The highest BCUT2D eigenvalue weighted by atomic mass is 127. The van der Waals surface area contributed by atoms with Crippen molar-refractivity contribution in [3.05, 3.63) is 35.9 Å². The smallest absolute Gasteiger partial charge is 0.191 e. The molecule has 1 saturated carbocycles. The summed E-state index contributed by atoms with van der Waals surface area (Å²) < 4.78 is 0. The van der Waals surface area contributed by atoms with Crippen molar-refractivity contribution in [2.45, 2.75) is 64.1 Å². The number of nitrogens with zero attached hydrogens (tertiary/aromatic N) is 1. The number of halogens is 1. The molecule has 1 aliphatic carbocycles. The fourth-order valence-electron chi connectivity index (χ4n) is 2.91. The number of nitrogens with one attached hydrogen (secondary N) is 3. The van der Waals surface area contributed by atoms with Crippen molar-refractivity contribution in [3.8, 4) is 0 Å². The number of aliphatic imine (C=N–C) groups is 1. The van der Waals surface area contributed by atoms with Gasteiger partial charge in [0.1, 0.15) is 0 Å². The van der Waals surface area contributed by atoms with E-state index in [1.54, 1.807) is 0 Å². The van der Waals surface area contributed by atoms with Crippen molar-refractivity contribution in [2.24, 2.45) is 4.99 Å². The molecule has 0 amide bonds. The minimum Gasteiger partial charge on any atom is -0.355 e. The van der Waals surface area contributed by atoms with Gasteiger partial charge in [-0.25, -0.2) is 0 Å². The Morgan fingerprint density at radius 3 is 2.33 bits per heavy atom. The van der Waals surface area contributed by atoms with Crippen molar-refractivity contribution >= 4 is 29.9 Å². The van der Waals surface area contributed by atoms with Crippen LogP contribution in [0.25, 0.3) is 0 Å². The molecule has 0 aliphatic heterocycles. The summed E-state index contributed by atoms with van der Waals surface area (Å²) >= 11 is 0. The molecule has 2 rings (SSSR count). The van der Waals surface area contributed by atoms with E-state index >= 15 is 0 Å². The van der Waals surface area contributed by atoms with Crippen molar-refractivity contribution < 1.29 is 0 Å². The maximum absolute atomic E-state index is 4.34. The van der Waals surface area contributed by atoms with Crippen LogP contribution in [0.4, 0.5) is 0 Å². The van der Waals surface area contributed by atoms with Gasteiger partial charge < -0.3 is 16.0 Å². The first-order valence-electron chi connectivity index (χ1n) is 8.92. The molecule has 1 aliphatic rings. The van der Waals surface area contributed by atoms with E-state index in [1.165, 1.54) is 18.4 Å². The first kappa shape index (κ1) is 21.2. The van der Waals surface area contributed by atoms with Gasteiger partial charge in [-0.3, -0.25) is 4.99 Å². The monoisotopic (exact) mass is 444 g/mol. The third-order valence-corrected chi connectivity index (χ3v) is 4.91. The Hall–Kier alpha value is -0.820. The zero-order valence-electron chi connectivity index (χ0n) is 15.4. The fraction of sp³-hybridized carbons (Fsp3) is 0.632. The molecule has 0 spiro atoms. The minimum absolute atomic E-state index is 0. The van der Waals surface area contributed by atoms with Crippen LogP contribution >= 0.6 is 24.0 Å². The van der Waals surface area contributed by atoms with Crippen LogP contribution in [0.3, 0.4) is 0 Å². The second kappa shape index (κ2) is 10.2. The molecule has 1 fully saturated rings. The first-order valence-corrected chi connectivity index (χ1v) is 8.92. The molecule has 1 atom stereocenters. The fourth-order valence-corrected chi connectivity index (χ4v) is 2.91. The van der Waals surface area contributed by atoms with Gasteiger partial charge >= 0.3 is 0 Å². The molecular formula is C19H33IN4. The highest BCUT2D eigenvalue weighted by molar-refractivity contribution is 14.0. The summed E-state index contributed by atoms with van der Waals surface area (Å²) in [5.41, 5.74) is 1.40. The minimum atomic E-state index is 0. The average molecular weight is 444 g/mol. The molecule has 4 nitrogen and oxygen atoms in total. The standard InChI is InChI=1S/C19H32N4.HI/c1-5-19(6-2,14-21-18(20-4)22-17-12-13-17)23-15(3)16-10-8-7-9-11-16;/h7-11,15,17,23H,5-6,12-14H2,1-4H3,(H2,20,21,22);1H. The molecule has 0 radical (unpaired) electrons. The zero-order chi connectivity index (χ0) is 16.7. The lowest BCUT2D eigenvalue weighted by Crippen LogP contribution is -2.55. The predicted octanol–water partition coefficient (Wildman–Crippen LogP) is 3.84. The maximum atomic E-state index is 4.34. The van der Waals surface area contributed by atoms with Gasteiger partial charge in [-0.1, -0.05) is 44.2 Å². The molecule has 1 aromatic rings. The number of hydrogen-bond acceptors (Lipinski definition) is 2. The van der Waals surface area contributed by atoms with E-state index in [0.717, 1.165) is 25.3 Å². The van der Waals surface area contributed by atoms with Crippen LogP contribution in [0.2, 0.25) is 0 Å². The number of hydrogen-bond donors (Lipinski definition) is 3. The molecule has 1 unspecified atom stereocenters. The Morgan fingerprint density at radius 2 is 1.83 bits per heavy atom. The van der Waals surface area contributed by atoms with E-state index in [9.17, 15) is 0 Å². The Morgan fingerprint density at radius 1 is 1.21 bits per heavy atom. The summed E-state index contributed by atoms with van der Waals surface area (Å²) in [5, 5.41) is 10.8. The van der Waals surface area contributed by atoms with Gasteiger partial charge in [0.15, 0.2) is 5.96 Å². The number of rotatable bonds is 8. The number of benzene rings is 1. The molecule has 0 aromatic heterocycles. The van der Waals surface area contributed by atoms with Crippen LogP contribution < -0.4 is 16.0 Å². The van der Waals surface area contributed by atoms with Crippen LogP contribution in [0.5, 0.6) is 0 Å². The molecular weight excluding hydrogens is 411 g/mol. The van der Waals surface area contributed by atoms with Crippen molar-refractivity contribution in [1.29, 1.82) is 0 Å². The van der Waals surface area contributed by atoms with E-state index < -0.39 is 0 Å². The summed E-state index contributed by atoms with van der Waals surface area (Å²) in [5.74, 6) is 0.924. The Balaban J connectivity index is 0.00000288. The van der Waals surface area contributed by atoms with E-state index in [-0.39, 0.29) is 29.5 Å². The van der Waals surface area contributed by atoms with Crippen LogP contribution in [0, 0.1) is 0 Å². The van der Waals surface area contributed by atoms with Crippen LogP contribution in [0.15, 0.2) is 35.3 Å². The van der Waals surface area contributed by atoms with Gasteiger partial charge in [-0.15, -0.1) is 24.0 Å². The van der Waals surface area contributed by atoms with Crippen molar-refractivity contribution in [3.63, 3.8) is 0 Å². The molecule has 0 bridgehead atoms. The molecule has 3 N–H and O–H groups in total. The molecule has 5 heteroatoms. The molecule has 1 aromatic carbocycles. The normalized spacial score (nSPS) is 16.2. The van der Waals surface area contributed by atoms with Crippen LogP contribution in [-0.4, -0.2) is 31.1 Å². The van der Waals surface area contributed by atoms with Crippen molar-refractivity contribution in [2.75, 3.05) is 13.6 Å². The summed E-state index contributed by atoms with van der Waals surface area (Å²) in [6.45, 7) is 7.64. The van der Waals surface area contributed by atoms with Gasteiger partial charge in [0, 0.05) is 31.2 Å². The Kier molecular flexibility index (Phi) is 9.05. The summed E-state index contributed by atoms with van der Waals surface area (Å²) in [7, 11) is 1.84. The lowest BCUT2D eigenvalue weighted by molar-refractivity contribution is 0.271. The van der Waals surface area contributed by atoms with Gasteiger partial charge in [0.2, 0.25) is 0 Å². The number of guanidine groups is 1. The summed E-state index contributed by atoms with van der Waals surface area (Å²) in [4.78, 5) is 4.34. The third-order valence-electron chi connectivity index (χ3n) is 4.91. The summed E-state index contributed by atoms with van der Waals surface area (Å²) in [6.07, 6.45) is 4.68. The van der Waals surface area contributed by atoms with E-state index in [4.69, 9.17) is 0 Å². The Bertz CT molecular complexity index is 495. The lowest BCUT2D eigenvalue weighted by Gasteiger charge is -2.37. The van der Waals surface area contributed by atoms with E-state index in [1.807, 2.05) is 7.05 Å². The van der Waals surface area contributed by atoms with E-state index in [2.05, 4.69) is 72.0 Å². The largest absolute Gasteiger partial charge is 0.355 e. The molecule has 0 saturated heterocycles. The molecule has 24 heavy (non-hydrogen) atoms. The highest BCUT2D eigenvalue weighted by Gasteiger charge is 2.29. The molecule has 0 heterocycles. The van der Waals surface area contributed by atoms with Gasteiger partial charge in [-0.2, -0.15) is 0 Å². The lowest BCUT2D eigenvalue weighted by atomic mass is 9.90. The van der Waals surface area contributed by atoms with Gasteiger partial charge in [0.25, 0.3) is 0 Å². The van der Waals surface area contributed by atoms with Crippen LogP contribution in [0.1, 0.15) is 58.1 Å². The van der Waals surface area contributed by atoms with Crippen molar-refractivity contribution in [1.82, 2.24) is 16.0 Å². The maximum Gasteiger partial charge on any atom is 0.191 e. The van der Waals surface area contributed by atoms with Gasteiger partial charge in [-0.05, 0) is 38.2 Å². The topological polar surface area (TPSA) is 48.5 Å². The van der Waals surface area contributed by atoms with Crippen LogP contribution in [-0.2, 0) is 0 Å². The summed E-state index contributed by atoms with van der Waals surface area (Å²) in [6, 6.07) is 11.6.